The third-order valence-electron chi connectivity index (χ3n) is 4.54. The zero-order chi connectivity index (χ0) is 21.8. The first kappa shape index (κ1) is 20.5. The second-order valence-corrected chi connectivity index (χ2v) is 7.65. The highest BCUT2D eigenvalue weighted by molar-refractivity contribution is 7.14. The number of nitrogens with zero attached hydrogens (tertiary/aromatic N) is 3. The number of aromatic nitrogens is 3. The first-order valence-electron chi connectivity index (χ1n) is 9.51. The maximum atomic E-state index is 12.4. The van der Waals surface area contributed by atoms with E-state index in [0.717, 1.165) is 22.4 Å². The van der Waals surface area contributed by atoms with Crippen LogP contribution in [0, 0.1) is 13.8 Å². The van der Waals surface area contributed by atoms with Crippen molar-refractivity contribution in [3.05, 3.63) is 76.9 Å². The molecule has 8 heteroatoms. The second-order valence-electron chi connectivity index (χ2n) is 6.79. The van der Waals surface area contributed by atoms with Crippen molar-refractivity contribution in [1.29, 1.82) is 0 Å². The first-order valence-corrected chi connectivity index (χ1v) is 10.4. The number of carbonyl (C=O) groups excluding carboxylic acids is 1. The van der Waals surface area contributed by atoms with E-state index >= 15 is 0 Å². The molecule has 2 aromatic carbocycles. The van der Waals surface area contributed by atoms with Gasteiger partial charge in [-0.3, -0.25) is 15.1 Å². The van der Waals surface area contributed by atoms with E-state index in [1.165, 1.54) is 30.8 Å². The SMILES string of the molecule is COc1cncc(Oc2cc(C)c(-c3csc(NC(=O)c4ccccc4)n3)c(C)c2)n1. The van der Waals surface area contributed by atoms with Crippen LogP contribution in [0.4, 0.5) is 5.13 Å². The molecule has 0 aliphatic rings. The Balaban J connectivity index is 1.54. The second kappa shape index (κ2) is 8.93. The van der Waals surface area contributed by atoms with Gasteiger partial charge in [-0.2, -0.15) is 4.98 Å². The number of anilines is 1. The van der Waals surface area contributed by atoms with Gasteiger partial charge < -0.3 is 9.47 Å². The molecule has 0 fully saturated rings. The molecule has 0 radical (unpaired) electrons. The highest BCUT2D eigenvalue weighted by atomic mass is 32.1. The van der Waals surface area contributed by atoms with Gasteiger partial charge in [-0.15, -0.1) is 11.3 Å². The lowest BCUT2D eigenvalue weighted by Gasteiger charge is -2.12. The Kier molecular flexibility index (Phi) is 5.90. The Labute approximate surface area is 183 Å². The summed E-state index contributed by atoms with van der Waals surface area (Å²) in [5.41, 5.74) is 4.39. The molecule has 1 amide bonds. The molecule has 0 spiro atoms. The van der Waals surface area contributed by atoms with Crippen LogP contribution < -0.4 is 14.8 Å². The Morgan fingerprint density at radius 3 is 2.42 bits per heavy atom. The molecule has 0 saturated heterocycles. The summed E-state index contributed by atoms with van der Waals surface area (Å²) in [6.45, 7) is 3.99. The molecule has 156 valence electrons. The van der Waals surface area contributed by atoms with E-state index in [0.29, 0.717) is 28.2 Å². The molecule has 0 unspecified atom stereocenters. The van der Waals surface area contributed by atoms with Crippen LogP contribution in [-0.2, 0) is 0 Å². The maximum Gasteiger partial charge on any atom is 0.257 e. The summed E-state index contributed by atoms with van der Waals surface area (Å²) in [4.78, 5) is 25.3. The summed E-state index contributed by atoms with van der Waals surface area (Å²) >= 11 is 1.39. The predicted molar refractivity (Wildman–Crippen MR) is 120 cm³/mol. The van der Waals surface area contributed by atoms with Crippen LogP contribution in [-0.4, -0.2) is 28.0 Å². The molecule has 2 aromatic heterocycles. The number of hydrogen-bond acceptors (Lipinski definition) is 7. The van der Waals surface area contributed by atoms with E-state index in [9.17, 15) is 4.79 Å². The van der Waals surface area contributed by atoms with Crippen LogP contribution in [0.2, 0.25) is 0 Å². The number of hydrogen-bond donors (Lipinski definition) is 1. The number of thiazole rings is 1. The highest BCUT2D eigenvalue weighted by Crippen LogP contribution is 2.34. The Bertz CT molecular complexity index is 1200. The van der Waals surface area contributed by atoms with Gasteiger partial charge in [0.25, 0.3) is 5.91 Å². The average molecular weight is 433 g/mol. The van der Waals surface area contributed by atoms with Crippen molar-refractivity contribution in [3.63, 3.8) is 0 Å². The van der Waals surface area contributed by atoms with Crippen molar-refractivity contribution in [3.8, 4) is 28.8 Å². The monoisotopic (exact) mass is 432 g/mol. The molecular formula is C23H20N4O3S. The quantitative estimate of drug-likeness (QED) is 0.447. The molecule has 1 N–H and O–H groups in total. The molecule has 31 heavy (non-hydrogen) atoms. The smallest absolute Gasteiger partial charge is 0.257 e. The molecule has 0 saturated carbocycles. The number of ether oxygens (including phenoxy) is 2. The molecule has 0 aliphatic carbocycles. The summed E-state index contributed by atoms with van der Waals surface area (Å²) in [5.74, 6) is 1.20. The third kappa shape index (κ3) is 4.70. The van der Waals surface area contributed by atoms with Crippen molar-refractivity contribution in [1.82, 2.24) is 15.0 Å². The van der Waals surface area contributed by atoms with Crippen LogP contribution in [0.3, 0.4) is 0 Å². The third-order valence-corrected chi connectivity index (χ3v) is 5.30. The molecular weight excluding hydrogens is 412 g/mol. The standard InChI is InChI=1S/C23H20N4O3S/c1-14-9-17(30-20-12-24-11-19(26-20)29-3)10-15(2)21(14)18-13-31-23(25-18)27-22(28)16-7-5-4-6-8-16/h4-13H,1-3H3,(H,25,27,28). The number of benzene rings is 2. The van der Waals surface area contributed by atoms with Gasteiger partial charge in [-0.25, -0.2) is 4.98 Å². The first-order chi connectivity index (χ1) is 15.0. The lowest BCUT2D eigenvalue weighted by atomic mass is 10.0. The number of methoxy groups -OCH3 is 1. The fraction of sp³-hybridized carbons (Fsp3) is 0.130. The number of amides is 1. The van der Waals surface area contributed by atoms with Gasteiger partial charge >= 0.3 is 0 Å². The van der Waals surface area contributed by atoms with Gasteiger partial charge in [0, 0.05) is 16.5 Å². The minimum absolute atomic E-state index is 0.182. The molecule has 2 heterocycles. The van der Waals surface area contributed by atoms with Crippen LogP contribution >= 0.6 is 11.3 Å². The minimum atomic E-state index is -0.182. The molecule has 4 aromatic rings. The number of aryl methyl sites for hydroxylation is 2. The maximum absolute atomic E-state index is 12.4. The topological polar surface area (TPSA) is 86.2 Å². The Hall–Kier alpha value is -3.78. The van der Waals surface area contributed by atoms with Gasteiger partial charge in [-0.05, 0) is 49.2 Å². The van der Waals surface area contributed by atoms with Crippen molar-refractivity contribution in [2.24, 2.45) is 0 Å². The minimum Gasteiger partial charge on any atom is -0.480 e. The van der Waals surface area contributed by atoms with Crippen molar-refractivity contribution < 1.29 is 14.3 Å². The van der Waals surface area contributed by atoms with Gasteiger partial charge in [0.15, 0.2) is 5.13 Å². The Morgan fingerprint density at radius 2 is 1.71 bits per heavy atom. The summed E-state index contributed by atoms with van der Waals surface area (Å²) in [5, 5.41) is 5.34. The van der Waals surface area contributed by atoms with Crippen molar-refractivity contribution >= 4 is 22.4 Å². The zero-order valence-corrected chi connectivity index (χ0v) is 18.1. The summed E-state index contributed by atoms with van der Waals surface area (Å²) in [6, 6.07) is 12.9. The Morgan fingerprint density at radius 1 is 1.00 bits per heavy atom. The molecule has 0 aliphatic heterocycles. The largest absolute Gasteiger partial charge is 0.480 e. The highest BCUT2D eigenvalue weighted by Gasteiger charge is 2.14. The van der Waals surface area contributed by atoms with Crippen LogP contribution in [0.15, 0.2) is 60.2 Å². The number of carbonyl (C=O) groups is 1. The van der Waals surface area contributed by atoms with E-state index in [1.807, 2.05) is 49.6 Å². The zero-order valence-electron chi connectivity index (χ0n) is 17.2. The van der Waals surface area contributed by atoms with Crippen molar-refractivity contribution in [2.75, 3.05) is 12.4 Å². The van der Waals surface area contributed by atoms with Crippen LogP contribution in [0.25, 0.3) is 11.3 Å². The van der Waals surface area contributed by atoms with E-state index in [-0.39, 0.29) is 5.91 Å². The summed E-state index contributed by atoms with van der Waals surface area (Å²) in [6.07, 6.45) is 3.05. The van der Waals surface area contributed by atoms with E-state index in [4.69, 9.17) is 9.47 Å². The molecule has 7 nitrogen and oxygen atoms in total. The average Bonchev–Trinajstić information content (AvgIpc) is 3.21. The van der Waals surface area contributed by atoms with Crippen LogP contribution in [0.1, 0.15) is 21.5 Å². The van der Waals surface area contributed by atoms with Gasteiger partial charge in [0.1, 0.15) is 5.75 Å². The molecule has 0 atom stereocenters. The van der Waals surface area contributed by atoms with Gasteiger partial charge in [0.2, 0.25) is 11.8 Å². The van der Waals surface area contributed by atoms with Gasteiger partial charge in [0.05, 0.1) is 25.2 Å². The van der Waals surface area contributed by atoms with Crippen molar-refractivity contribution in [2.45, 2.75) is 13.8 Å². The fourth-order valence-corrected chi connectivity index (χ4v) is 3.89. The number of nitrogens with one attached hydrogen (secondary N) is 1. The lowest BCUT2D eigenvalue weighted by Crippen LogP contribution is -2.11. The van der Waals surface area contributed by atoms with E-state index in [2.05, 4.69) is 20.3 Å². The van der Waals surface area contributed by atoms with E-state index < -0.39 is 0 Å². The fourth-order valence-electron chi connectivity index (χ4n) is 3.19. The normalized spacial score (nSPS) is 10.5. The molecule has 4 rings (SSSR count). The van der Waals surface area contributed by atoms with Crippen LogP contribution in [0.5, 0.6) is 17.5 Å². The van der Waals surface area contributed by atoms with E-state index in [1.54, 1.807) is 12.1 Å². The van der Waals surface area contributed by atoms with Gasteiger partial charge in [-0.1, -0.05) is 18.2 Å². The lowest BCUT2D eigenvalue weighted by molar-refractivity contribution is 0.102. The molecule has 0 bridgehead atoms. The summed E-state index contributed by atoms with van der Waals surface area (Å²) < 4.78 is 10.9. The predicted octanol–water partition coefficient (Wildman–Crippen LogP) is 5.27. The summed E-state index contributed by atoms with van der Waals surface area (Å²) in [7, 11) is 1.53. The number of rotatable bonds is 6.